The zero-order valence-electron chi connectivity index (χ0n) is 15.3. The molecule has 0 radical (unpaired) electrons. The van der Waals surface area contributed by atoms with E-state index in [1.807, 2.05) is 44.2 Å². The summed E-state index contributed by atoms with van der Waals surface area (Å²) in [5.74, 6) is 2.01. The number of carbonyl (C=O) groups excluding carboxylic acids is 1. The van der Waals surface area contributed by atoms with E-state index in [1.54, 1.807) is 6.07 Å². The van der Waals surface area contributed by atoms with Crippen LogP contribution in [-0.4, -0.2) is 25.0 Å². The summed E-state index contributed by atoms with van der Waals surface area (Å²) in [4.78, 5) is 12.0. The highest BCUT2D eigenvalue weighted by molar-refractivity contribution is 6.30. The zero-order chi connectivity index (χ0) is 19.2. The van der Waals surface area contributed by atoms with Crippen LogP contribution >= 0.6 is 11.6 Å². The molecule has 3 rings (SSSR count). The molecule has 0 aromatic heterocycles. The van der Waals surface area contributed by atoms with Gasteiger partial charge in [0.05, 0.1) is 12.3 Å². The van der Waals surface area contributed by atoms with Crippen molar-refractivity contribution in [1.82, 2.24) is 5.43 Å². The Hall–Kier alpha value is -2.73. The summed E-state index contributed by atoms with van der Waals surface area (Å²) < 4.78 is 16.3. The van der Waals surface area contributed by atoms with Crippen molar-refractivity contribution in [2.45, 2.75) is 26.7 Å². The molecule has 142 valence electrons. The minimum Gasteiger partial charge on any atom is -0.493 e. The molecule has 1 N–H and O–H groups in total. The maximum absolute atomic E-state index is 12.0. The number of aryl methyl sites for hydroxylation is 1. The molecule has 0 saturated heterocycles. The number of rotatable bonds is 7. The lowest BCUT2D eigenvalue weighted by atomic mass is 10.1. The minimum absolute atomic E-state index is 0.161. The fourth-order valence-corrected chi connectivity index (χ4v) is 2.80. The molecule has 0 aliphatic carbocycles. The van der Waals surface area contributed by atoms with Crippen molar-refractivity contribution in [2.75, 3.05) is 13.4 Å². The van der Waals surface area contributed by atoms with Gasteiger partial charge < -0.3 is 14.2 Å². The van der Waals surface area contributed by atoms with Gasteiger partial charge in [-0.1, -0.05) is 11.6 Å². The molecule has 2 aromatic carbocycles. The van der Waals surface area contributed by atoms with Gasteiger partial charge in [-0.25, -0.2) is 5.43 Å². The molecule has 1 heterocycles. The molecule has 1 aliphatic rings. The first kappa shape index (κ1) is 19.0. The van der Waals surface area contributed by atoms with Crippen LogP contribution in [0.4, 0.5) is 0 Å². The Morgan fingerprint density at radius 2 is 2.04 bits per heavy atom. The first-order valence-electron chi connectivity index (χ1n) is 8.65. The fraction of sp³-hybridized carbons (Fsp3) is 0.300. The normalized spacial score (nSPS) is 12.8. The van der Waals surface area contributed by atoms with Gasteiger partial charge in [-0.15, -0.1) is 0 Å². The van der Waals surface area contributed by atoms with Crippen molar-refractivity contribution in [1.29, 1.82) is 0 Å². The number of nitrogens with zero attached hydrogens (tertiary/aromatic N) is 1. The van der Waals surface area contributed by atoms with Gasteiger partial charge in [-0.3, -0.25) is 4.79 Å². The smallest absolute Gasteiger partial charge is 0.240 e. The number of hydrogen-bond donors (Lipinski definition) is 1. The lowest BCUT2D eigenvalue weighted by molar-refractivity contribution is -0.121. The van der Waals surface area contributed by atoms with E-state index in [2.05, 4.69) is 10.5 Å². The molecule has 1 aliphatic heterocycles. The Kier molecular flexibility index (Phi) is 6.19. The monoisotopic (exact) mass is 388 g/mol. The molecule has 27 heavy (non-hydrogen) atoms. The van der Waals surface area contributed by atoms with Crippen molar-refractivity contribution >= 4 is 23.2 Å². The first-order chi connectivity index (χ1) is 13.0. The number of hydrazone groups is 1. The summed E-state index contributed by atoms with van der Waals surface area (Å²) in [5.41, 5.74) is 5.09. The van der Waals surface area contributed by atoms with Crippen LogP contribution in [0.25, 0.3) is 0 Å². The predicted molar refractivity (Wildman–Crippen MR) is 104 cm³/mol. The summed E-state index contributed by atoms with van der Waals surface area (Å²) in [6, 6.07) is 11.0. The summed E-state index contributed by atoms with van der Waals surface area (Å²) in [7, 11) is 0. The number of ether oxygens (including phenoxy) is 3. The largest absolute Gasteiger partial charge is 0.493 e. The van der Waals surface area contributed by atoms with Crippen molar-refractivity contribution in [2.24, 2.45) is 5.10 Å². The third-order valence-electron chi connectivity index (χ3n) is 4.08. The van der Waals surface area contributed by atoms with Gasteiger partial charge in [-0.2, -0.15) is 5.10 Å². The fourth-order valence-electron chi connectivity index (χ4n) is 2.58. The van der Waals surface area contributed by atoms with Gasteiger partial charge in [0.1, 0.15) is 5.75 Å². The number of benzene rings is 2. The third-order valence-corrected chi connectivity index (χ3v) is 4.32. The van der Waals surface area contributed by atoms with Crippen LogP contribution in [0.3, 0.4) is 0 Å². The molecule has 0 bridgehead atoms. The molecule has 0 unspecified atom stereocenters. The highest BCUT2D eigenvalue weighted by Crippen LogP contribution is 2.32. The molecular weight excluding hydrogens is 368 g/mol. The van der Waals surface area contributed by atoms with Gasteiger partial charge >= 0.3 is 0 Å². The van der Waals surface area contributed by atoms with Gasteiger partial charge in [0.2, 0.25) is 12.7 Å². The van der Waals surface area contributed by atoms with Crippen molar-refractivity contribution in [3.63, 3.8) is 0 Å². The number of amides is 1. The Bertz CT molecular complexity index is 867. The summed E-state index contributed by atoms with van der Waals surface area (Å²) in [5, 5.41) is 4.82. The molecule has 0 spiro atoms. The minimum atomic E-state index is -0.161. The number of halogens is 1. The average molecular weight is 389 g/mol. The first-order valence-corrected chi connectivity index (χ1v) is 9.03. The van der Waals surface area contributed by atoms with Gasteiger partial charge in [0.25, 0.3) is 0 Å². The SMILES string of the molecule is C/C(=N\NC(=O)CCCOc1ccc(Cl)cc1C)c1ccc2c(c1)OCO2. The second kappa shape index (κ2) is 8.77. The van der Waals surface area contributed by atoms with Crippen LogP contribution in [0.2, 0.25) is 5.02 Å². The molecular formula is C20H21ClN2O4. The van der Waals surface area contributed by atoms with Gasteiger partial charge in [0, 0.05) is 17.0 Å². The quantitative estimate of drug-likeness (QED) is 0.441. The topological polar surface area (TPSA) is 69.2 Å². The number of hydrogen-bond acceptors (Lipinski definition) is 5. The predicted octanol–water partition coefficient (Wildman–Crippen LogP) is 4.08. The maximum atomic E-state index is 12.0. The van der Waals surface area contributed by atoms with E-state index >= 15 is 0 Å². The Balaban J connectivity index is 1.43. The van der Waals surface area contributed by atoms with E-state index in [4.69, 9.17) is 25.8 Å². The standard InChI is InChI=1S/C20H21ClN2O4/c1-13-10-16(21)6-8-17(13)25-9-3-4-20(24)23-22-14(2)15-5-7-18-19(11-15)27-12-26-18/h5-8,10-11H,3-4,9,12H2,1-2H3,(H,23,24)/b22-14+. The maximum Gasteiger partial charge on any atom is 0.240 e. The number of nitrogens with one attached hydrogen (secondary N) is 1. The van der Waals surface area contributed by atoms with E-state index in [0.717, 1.165) is 16.9 Å². The Morgan fingerprint density at radius 3 is 2.85 bits per heavy atom. The van der Waals surface area contributed by atoms with E-state index in [1.165, 1.54) is 0 Å². The van der Waals surface area contributed by atoms with E-state index < -0.39 is 0 Å². The van der Waals surface area contributed by atoms with E-state index in [0.29, 0.717) is 41.7 Å². The second-order valence-corrected chi connectivity index (χ2v) is 6.60. The summed E-state index contributed by atoms with van der Waals surface area (Å²) in [6.45, 7) is 4.43. The van der Waals surface area contributed by atoms with Crippen molar-refractivity contribution in [3.05, 3.63) is 52.5 Å². The highest BCUT2D eigenvalue weighted by Gasteiger charge is 2.14. The Morgan fingerprint density at radius 1 is 1.22 bits per heavy atom. The molecule has 0 atom stereocenters. The van der Waals surface area contributed by atoms with Gasteiger partial charge in [-0.05, 0) is 62.2 Å². The van der Waals surface area contributed by atoms with Gasteiger partial charge in [0.15, 0.2) is 11.5 Å². The van der Waals surface area contributed by atoms with E-state index in [9.17, 15) is 4.79 Å². The van der Waals surface area contributed by atoms with Crippen LogP contribution in [0.1, 0.15) is 30.9 Å². The van der Waals surface area contributed by atoms with Crippen molar-refractivity contribution < 1.29 is 19.0 Å². The van der Waals surface area contributed by atoms with Crippen LogP contribution in [0.15, 0.2) is 41.5 Å². The van der Waals surface area contributed by atoms with Crippen LogP contribution in [0.5, 0.6) is 17.2 Å². The number of fused-ring (bicyclic) bond motifs is 1. The summed E-state index contributed by atoms with van der Waals surface area (Å²) in [6.07, 6.45) is 0.914. The second-order valence-electron chi connectivity index (χ2n) is 6.16. The van der Waals surface area contributed by atoms with E-state index in [-0.39, 0.29) is 12.7 Å². The molecule has 0 saturated carbocycles. The van der Waals surface area contributed by atoms with Crippen LogP contribution < -0.4 is 19.6 Å². The lowest BCUT2D eigenvalue weighted by Gasteiger charge is -2.09. The van der Waals surface area contributed by atoms with Crippen LogP contribution in [-0.2, 0) is 4.79 Å². The summed E-state index contributed by atoms with van der Waals surface area (Å²) >= 11 is 5.92. The Labute approximate surface area is 163 Å². The van der Waals surface area contributed by atoms with Crippen LogP contribution in [0, 0.1) is 6.92 Å². The third kappa shape index (κ3) is 5.14. The zero-order valence-corrected chi connectivity index (χ0v) is 16.0. The highest BCUT2D eigenvalue weighted by atomic mass is 35.5. The number of carbonyl (C=O) groups is 1. The lowest BCUT2D eigenvalue weighted by Crippen LogP contribution is -2.19. The molecule has 6 nitrogen and oxygen atoms in total. The van der Waals surface area contributed by atoms with Crippen molar-refractivity contribution in [3.8, 4) is 17.2 Å². The molecule has 7 heteroatoms. The molecule has 1 amide bonds. The molecule has 2 aromatic rings. The average Bonchev–Trinajstić information content (AvgIpc) is 3.12. The molecule has 0 fully saturated rings.